The largest absolute Gasteiger partial charge is 0.305 e. The standard InChI is InChI=1S/C18H21ClFN/c1-18(2,3)17(13-8-5-4-6-9-13)21-12-14-10-7-11-15(19)16(14)20/h4-11,17,21H,12H2,1-3H3. The Morgan fingerprint density at radius 2 is 1.71 bits per heavy atom. The first-order valence-electron chi connectivity index (χ1n) is 7.11. The fraction of sp³-hybridized carbons (Fsp3) is 0.333. The second-order valence-corrected chi connectivity index (χ2v) is 6.71. The van der Waals surface area contributed by atoms with Crippen molar-refractivity contribution in [3.63, 3.8) is 0 Å². The molecule has 0 bridgehead atoms. The van der Waals surface area contributed by atoms with Gasteiger partial charge in [-0.05, 0) is 17.0 Å². The molecular weight excluding hydrogens is 285 g/mol. The molecule has 2 aromatic carbocycles. The van der Waals surface area contributed by atoms with E-state index in [-0.39, 0.29) is 22.3 Å². The molecule has 112 valence electrons. The molecule has 2 rings (SSSR count). The van der Waals surface area contributed by atoms with Crippen LogP contribution in [0.3, 0.4) is 0 Å². The van der Waals surface area contributed by atoms with Crippen LogP contribution in [0.1, 0.15) is 37.9 Å². The Morgan fingerprint density at radius 3 is 2.33 bits per heavy atom. The Balaban J connectivity index is 2.19. The summed E-state index contributed by atoms with van der Waals surface area (Å²) in [6.45, 7) is 6.97. The van der Waals surface area contributed by atoms with Gasteiger partial charge in [-0.2, -0.15) is 0 Å². The first-order chi connectivity index (χ1) is 9.89. The van der Waals surface area contributed by atoms with E-state index in [1.807, 2.05) is 18.2 Å². The molecule has 1 nitrogen and oxygen atoms in total. The quantitative estimate of drug-likeness (QED) is 0.802. The summed E-state index contributed by atoms with van der Waals surface area (Å²) in [5.74, 6) is -0.340. The lowest BCUT2D eigenvalue weighted by atomic mass is 9.82. The van der Waals surface area contributed by atoms with Crippen LogP contribution in [-0.2, 0) is 6.54 Å². The topological polar surface area (TPSA) is 12.0 Å². The molecule has 2 aromatic rings. The average molecular weight is 306 g/mol. The maximum atomic E-state index is 14.0. The molecule has 0 fully saturated rings. The SMILES string of the molecule is CC(C)(C)C(NCc1cccc(Cl)c1F)c1ccccc1. The molecule has 0 radical (unpaired) electrons. The number of rotatable bonds is 4. The summed E-state index contributed by atoms with van der Waals surface area (Å²) in [6.07, 6.45) is 0. The van der Waals surface area contributed by atoms with Crippen LogP contribution >= 0.6 is 11.6 Å². The zero-order valence-electron chi connectivity index (χ0n) is 12.7. The highest BCUT2D eigenvalue weighted by Crippen LogP contribution is 2.33. The first kappa shape index (κ1) is 16.0. The summed E-state index contributed by atoms with van der Waals surface area (Å²) in [4.78, 5) is 0. The van der Waals surface area contributed by atoms with Crippen LogP contribution in [0.4, 0.5) is 4.39 Å². The summed E-state index contributed by atoms with van der Waals surface area (Å²) in [5.41, 5.74) is 1.82. The minimum Gasteiger partial charge on any atom is -0.305 e. The lowest BCUT2D eigenvalue weighted by Gasteiger charge is -2.32. The highest BCUT2D eigenvalue weighted by atomic mass is 35.5. The third-order valence-corrected chi connectivity index (χ3v) is 3.82. The Kier molecular flexibility index (Phi) is 5.02. The van der Waals surface area contributed by atoms with Gasteiger partial charge in [-0.1, -0.05) is 74.8 Å². The number of benzene rings is 2. The summed E-state index contributed by atoms with van der Waals surface area (Å²) in [5, 5.41) is 3.63. The second-order valence-electron chi connectivity index (χ2n) is 6.30. The van der Waals surface area contributed by atoms with Crippen molar-refractivity contribution in [2.45, 2.75) is 33.4 Å². The van der Waals surface area contributed by atoms with Gasteiger partial charge in [0, 0.05) is 18.2 Å². The van der Waals surface area contributed by atoms with E-state index in [0.717, 1.165) is 0 Å². The summed E-state index contributed by atoms with van der Waals surface area (Å²) >= 11 is 5.83. The van der Waals surface area contributed by atoms with Crippen LogP contribution in [0.2, 0.25) is 5.02 Å². The molecule has 0 aromatic heterocycles. The zero-order valence-corrected chi connectivity index (χ0v) is 13.4. The average Bonchev–Trinajstić information content (AvgIpc) is 2.43. The van der Waals surface area contributed by atoms with Crippen molar-refractivity contribution < 1.29 is 4.39 Å². The fourth-order valence-corrected chi connectivity index (χ4v) is 2.66. The van der Waals surface area contributed by atoms with E-state index in [1.165, 1.54) is 5.56 Å². The van der Waals surface area contributed by atoms with Gasteiger partial charge in [-0.3, -0.25) is 0 Å². The van der Waals surface area contributed by atoms with Crippen LogP contribution in [0.5, 0.6) is 0 Å². The fourth-order valence-electron chi connectivity index (χ4n) is 2.47. The summed E-state index contributed by atoms with van der Waals surface area (Å²) in [7, 11) is 0. The van der Waals surface area contributed by atoms with Gasteiger partial charge in [0.05, 0.1) is 5.02 Å². The highest BCUT2D eigenvalue weighted by molar-refractivity contribution is 6.30. The molecule has 1 unspecified atom stereocenters. The molecule has 0 saturated carbocycles. The lowest BCUT2D eigenvalue weighted by molar-refractivity contribution is 0.270. The molecule has 0 heterocycles. The molecule has 1 N–H and O–H groups in total. The van der Waals surface area contributed by atoms with Crippen LogP contribution < -0.4 is 5.32 Å². The highest BCUT2D eigenvalue weighted by Gasteiger charge is 2.25. The van der Waals surface area contributed by atoms with Gasteiger partial charge in [0.25, 0.3) is 0 Å². The van der Waals surface area contributed by atoms with Gasteiger partial charge >= 0.3 is 0 Å². The van der Waals surface area contributed by atoms with Crippen LogP contribution in [-0.4, -0.2) is 0 Å². The molecule has 21 heavy (non-hydrogen) atoms. The number of halogens is 2. The lowest BCUT2D eigenvalue weighted by Crippen LogP contribution is -2.32. The molecule has 0 aliphatic carbocycles. The van der Waals surface area contributed by atoms with Crippen molar-refractivity contribution in [1.82, 2.24) is 5.32 Å². The molecule has 0 aliphatic rings. The van der Waals surface area contributed by atoms with E-state index >= 15 is 0 Å². The minimum absolute atomic E-state index is 0.0242. The van der Waals surface area contributed by atoms with Crippen molar-refractivity contribution in [2.75, 3.05) is 0 Å². The van der Waals surface area contributed by atoms with Crippen molar-refractivity contribution in [2.24, 2.45) is 5.41 Å². The van der Waals surface area contributed by atoms with Crippen LogP contribution in [0.15, 0.2) is 48.5 Å². The van der Waals surface area contributed by atoms with Crippen molar-refractivity contribution >= 4 is 11.6 Å². The molecule has 0 amide bonds. The Morgan fingerprint density at radius 1 is 1.05 bits per heavy atom. The van der Waals surface area contributed by atoms with Gasteiger partial charge in [-0.15, -0.1) is 0 Å². The van der Waals surface area contributed by atoms with Crippen molar-refractivity contribution in [3.8, 4) is 0 Å². The van der Waals surface area contributed by atoms with E-state index in [1.54, 1.807) is 18.2 Å². The molecule has 3 heteroatoms. The summed E-state index contributed by atoms with van der Waals surface area (Å²) in [6, 6.07) is 15.5. The van der Waals surface area contributed by atoms with E-state index < -0.39 is 0 Å². The van der Waals surface area contributed by atoms with Gasteiger partial charge in [0.1, 0.15) is 5.82 Å². The first-order valence-corrected chi connectivity index (χ1v) is 7.48. The Labute approximate surface area is 131 Å². The number of hydrogen-bond acceptors (Lipinski definition) is 1. The molecule has 0 spiro atoms. The number of nitrogens with one attached hydrogen (secondary N) is 1. The van der Waals surface area contributed by atoms with Gasteiger partial charge in [0.2, 0.25) is 0 Å². The van der Waals surface area contributed by atoms with Gasteiger partial charge in [0.15, 0.2) is 0 Å². The monoisotopic (exact) mass is 305 g/mol. The maximum Gasteiger partial charge on any atom is 0.146 e. The Hall–Kier alpha value is -1.38. The molecular formula is C18H21ClFN. The van der Waals surface area contributed by atoms with E-state index in [4.69, 9.17) is 11.6 Å². The van der Waals surface area contributed by atoms with Crippen molar-refractivity contribution in [3.05, 3.63) is 70.5 Å². The predicted octanol–water partition coefficient (Wildman–Crippen LogP) is 5.36. The number of hydrogen-bond donors (Lipinski definition) is 1. The van der Waals surface area contributed by atoms with E-state index in [2.05, 4.69) is 38.2 Å². The van der Waals surface area contributed by atoms with Gasteiger partial charge in [-0.25, -0.2) is 4.39 Å². The van der Waals surface area contributed by atoms with E-state index in [0.29, 0.717) is 12.1 Å². The van der Waals surface area contributed by atoms with Crippen molar-refractivity contribution in [1.29, 1.82) is 0 Å². The normalized spacial score (nSPS) is 13.2. The van der Waals surface area contributed by atoms with Crippen LogP contribution in [0, 0.1) is 11.2 Å². The van der Waals surface area contributed by atoms with Crippen LogP contribution in [0.25, 0.3) is 0 Å². The predicted molar refractivity (Wildman–Crippen MR) is 86.9 cm³/mol. The third kappa shape index (κ3) is 4.05. The zero-order chi connectivity index (χ0) is 15.5. The second kappa shape index (κ2) is 6.59. The van der Waals surface area contributed by atoms with Gasteiger partial charge < -0.3 is 5.32 Å². The third-order valence-electron chi connectivity index (χ3n) is 3.53. The molecule has 1 atom stereocenters. The molecule has 0 aliphatic heterocycles. The summed E-state index contributed by atoms with van der Waals surface area (Å²) < 4.78 is 14.0. The molecule has 0 saturated heterocycles. The Bertz CT molecular complexity index is 590. The maximum absolute atomic E-state index is 14.0. The smallest absolute Gasteiger partial charge is 0.146 e. The van der Waals surface area contributed by atoms with E-state index in [9.17, 15) is 4.39 Å². The minimum atomic E-state index is -0.340.